The number of hydrogen-bond acceptors (Lipinski definition) is 4. The van der Waals surface area contributed by atoms with Gasteiger partial charge in [0.2, 0.25) is 5.88 Å². The molecule has 0 saturated heterocycles. The quantitative estimate of drug-likeness (QED) is 0.911. The molecule has 122 valence electrons. The maximum atomic E-state index is 12.5. The van der Waals surface area contributed by atoms with Crippen LogP contribution >= 0.6 is 11.3 Å². The van der Waals surface area contributed by atoms with Gasteiger partial charge in [0.25, 0.3) is 5.91 Å². The van der Waals surface area contributed by atoms with Crippen molar-refractivity contribution in [3.63, 3.8) is 0 Å². The van der Waals surface area contributed by atoms with Crippen molar-refractivity contribution in [3.05, 3.63) is 45.3 Å². The van der Waals surface area contributed by atoms with Crippen molar-refractivity contribution in [2.75, 3.05) is 6.61 Å². The fraction of sp³-hybridized carbons (Fsp3) is 0.444. The summed E-state index contributed by atoms with van der Waals surface area (Å²) >= 11 is 1.72. The Balaban J connectivity index is 1.69. The van der Waals surface area contributed by atoms with Gasteiger partial charge in [-0.05, 0) is 43.7 Å². The minimum Gasteiger partial charge on any atom is -0.478 e. The Morgan fingerprint density at radius 3 is 3.22 bits per heavy atom. The third-order valence-electron chi connectivity index (χ3n) is 4.22. The molecule has 0 unspecified atom stereocenters. The van der Waals surface area contributed by atoms with Gasteiger partial charge in [0.15, 0.2) is 0 Å². The number of nitrogens with one attached hydrogen (secondary N) is 1. The van der Waals surface area contributed by atoms with Crippen LogP contribution in [0.4, 0.5) is 0 Å². The molecule has 0 aliphatic heterocycles. The first-order valence-electron chi connectivity index (χ1n) is 8.13. The van der Waals surface area contributed by atoms with Gasteiger partial charge in [0.05, 0.1) is 12.2 Å². The van der Waals surface area contributed by atoms with Gasteiger partial charge >= 0.3 is 0 Å². The first-order chi connectivity index (χ1) is 11.2. The van der Waals surface area contributed by atoms with Crippen LogP contribution in [0.5, 0.6) is 5.88 Å². The van der Waals surface area contributed by atoms with Gasteiger partial charge in [-0.25, -0.2) is 4.98 Å². The number of nitrogens with zero attached hydrogens (tertiary/aromatic N) is 1. The summed E-state index contributed by atoms with van der Waals surface area (Å²) in [4.78, 5) is 18.1. The summed E-state index contributed by atoms with van der Waals surface area (Å²) < 4.78 is 5.50. The van der Waals surface area contributed by atoms with E-state index in [0.29, 0.717) is 19.0 Å². The summed E-state index contributed by atoms with van der Waals surface area (Å²) in [7, 11) is 0. The van der Waals surface area contributed by atoms with E-state index < -0.39 is 0 Å². The van der Waals surface area contributed by atoms with E-state index in [1.807, 2.05) is 24.4 Å². The Hall–Kier alpha value is -1.88. The second-order valence-electron chi connectivity index (χ2n) is 5.98. The molecule has 0 aromatic carbocycles. The molecule has 23 heavy (non-hydrogen) atoms. The van der Waals surface area contributed by atoms with E-state index in [0.717, 1.165) is 29.9 Å². The summed E-state index contributed by atoms with van der Waals surface area (Å²) in [6.07, 6.45) is 4.98. The molecule has 3 rings (SSSR count). The zero-order chi connectivity index (χ0) is 16.2. The molecular weight excluding hydrogens is 308 g/mol. The number of aromatic nitrogens is 1. The van der Waals surface area contributed by atoms with Gasteiger partial charge in [0.1, 0.15) is 0 Å². The molecule has 2 heterocycles. The number of hydrogen-bond donors (Lipinski definition) is 1. The summed E-state index contributed by atoms with van der Waals surface area (Å²) in [6, 6.07) is 3.79. The average Bonchev–Trinajstić information content (AvgIpc) is 2.97. The van der Waals surface area contributed by atoms with Gasteiger partial charge < -0.3 is 10.1 Å². The normalized spacial score (nSPS) is 16.7. The van der Waals surface area contributed by atoms with Gasteiger partial charge in [-0.3, -0.25) is 4.79 Å². The molecule has 1 atom stereocenters. The number of pyridine rings is 1. The van der Waals surface area contributed by atoms with Crippen LogP contribution in [0.3, 0.4) is 0 Å². The lowest BCUT2D eigenvalue weighted by molar-refractivity contribution is 0.0949. The molecule has 1 amide bonds. The largest absolute Gasteiger partial charge is 0.478 e. The molecule has 5 heteroatoms. The standard InChI is InChI=1S/C18H22N2O2S/c1-3-22-18-13(5-4-8-19-18)10-20-17(21)15-11-23-16-9-12(2)6-7-14(15)16/h4-5,8,11-12H,3,6-7,9-10H2,1-2H3,(H,20,21)/t12-/m0/s1. The number of carbonyl (C=O) groups excluding carboxylic acids is 1. The first-order valence-corrected chi connectivity index (χ1v) is 9.01. The minimum atomic E-state index is 0.00311. The number of fused-ring (bicyclic) bond motifs is 1. The highest BCUT2D eigenvalue weighted by molar-refractivity contribution is 7.10. The van der Waals surface area contributed by atoms with Crippen molar-refractivity contribution in [2.24, 2.45) is 5.92 Å². The summed E-state index contributed by atoms with van der Waals surface area (Å²) in [6.45, 7) is 5.20. The zero-order valence-corrected chi connectivity index (χ0v) is 14.4. The highest BCUT2D eigenvalue weighted by Gasteiger charge is 2.23. The Morgan fingerprint density at radius 2 is 2.39 bits per heavy atom. The fourth-order valence-electron chi connectivity index (χ4n) is 2.96. The topological polar surface area (TPSA) is 51.2 Å². The van der Waals surface area contributed by atoms with Crippen molar-refractivity contribution in [3.8, 4) is 5.88 Å². The van der Waals surface area contributed by atoms with Crippen LogP contribution in [-0.4, -0.2) is 17.5 Å². The Morgan fingerprint density at radius 1 is 1.52 bits per heavy atom. The molecule has 0 saturated carbocycles. The highest BCUT2D eigenvalue weighted by Crippen LogP contribution is 2.32. The van der Waals surface area contributed by atoms with Crippen molar-refractivity contribution < 1.29 is 9.53 Å². The van der Waals surface area contributed by atoms with Crippen molar-refractivity contribution in [1.82, 2.24) is 10.3 Å². The first kappa shape index (κ1) is 16.0. The lowest BCUT2D eigenvalue weighted by atomic mass is 9.88. The van der Waals surface area contributed by atoms with E-state index >= 15 is 0 Å². The second kappa shape index (κ2) is 7.13. The summed E-state index contributed by atoms with van der Waals surface area (Å²) in [5.74, 6) is 1.32. The maximum Gasteiger partial charge on any atom is 0.252 e. The predicted molar refractivity (Wildman–Crippen MR) is 92.1 cm³/mol. The van der Waals surface area contributed by atoms with Crippen LogP contribution in [0.25, 0.3) is 0 Å². The minimum absolute atomic E-state index is 0.00311. The number of ether oxygens (including phenoxy) is 1. The van der Waals surface area contributed by atoms with Crippen LogP contribution in [-0.2, 0) is 19.4 Å². The molecule has 1 N–H and O–H groups in total. The summed E-state index contributed by atoms with van der Waals surface area (Å²) in [5, 5.41) is 5.01. The van der Waals surface area contributed by atoms with Gasteiger partial charge in [-0.1, -0.05) is 13.0 Å². The molecule has 0 spiro atoms. The number of carbonyl (C=O) groups is 1. The molecule has 1 aliphatic rings. The maximum absolute atomic E-state index is 12.5. The van der Waals surface area contributed by atoms with Crippen LogP contribution in [0.2, 0.25) is 0 Å². The third kappa shape index (κ3) is 3.55. The van der Waals surface area contributed by atoms with E-state index in [1.165, 1.54) is 16.9 Å². The van der Waals surface area contributed by atoms with Crippen molar-refractivity contribution in [1.29, 1.82) is 0 Å². The lowest BCUT2D eigenvalue weighted by Gasteiger charge is -2.18. The second-order valence-corrected chi connectivity index (χ2v) is 6.95. The molecular formula is C18H22N2O2S. The van der Waals surface area contributed by atoms with E-state index in [-0.39, 0.29) is 5.91 Å². The van der Waals surface area contributed by atoms with Gasteiger partial charge in [-0.15, -0.1) is 11.3 Å². The highest BCUT2D eigenvalue weighted by atomic mass is 32.1. The number of rotatable bonds is 5. The van der Waals surface area contributed by atoms with Crippen molar-refractivity contribution >= 4 is 17.2 Å². The van der Waals surface area contributed by atoms with E-state index in [1.54, 1.807) is 17.5 Å². The Kier molecular flexibility index (Phi) is 4.96. The molecule has 1 aliphatic carbocycles. The smallest absolute Gasteiger partial charge is 0.252 e. The molecule has 2 aromatic rings. The molecule has 0 bridgehead atoms. The van der Waals surface area contributed by atoms with E-state index in [9.17, 15) is 4.79 Å². The molecule has 4 nitrogen and oxygen atoms in total. The van der Waals surface area contributed by atoms with E-state index in [2.05, 4.69) is 17.2 Å². The van der Waals surface area contributed by atoms with Crippen LogP contribution in [0.15, 0.2) is 23.7 Å². The summed E-state index contributed by atoms with van der Waals surface area (Å²) in [5.41, 5.74) is 3.00. The fourth-order valence-corrected chi connectivity index (χ4v) is 4.21. The Bertz CT molecular complexity index is 696. The van der Waals surface area contributed by atoms with Gasteiger partial charge in [-0.2, -0.15) is 0 Å². The number of amides is 1. The SMILES string of the molecule is CCOc1ncccc1CNC(=O)c1csc2c1CC[C@H](C)C2. The van der Waals surface area contributed by atoms with Crippen LogP contribution in [0.1, 0.15) is 46.6 Å². The molecule has 0 radical (unpaired) electrons. The monoisotopic (exact) mass is 330 g/mol. The Labute approximate surface area is 140 Å². The molecule has 0 fully saturated rings. The van der Waals surface area contributed by atoms with Crippen LogP contribution < -0.4 is 10.1 Å². The van der Waals surface area contributed by atoms with Gasteiger partial charge in [0, 0.05) is 28.6 Å². The van der Waals surface area contributed by atoms with E-state index in [4.69, 9.17) is 4.74 Å². The zero-order valence-electron chi connectivity index (χ0n) is 13.6. The average molecular weight is 330 g/mol. The van der Waals surface area contributed by atoms with Crippen molar-refractivity contribution in [2.45, 2.75) is 39.7 Å². The van der Waals surface area contributed by atoms with Crippen LogP contribution in [0, 0.1) is 5.92 Å². The third-order valence-corrected chi connectivity index (χ3v) is 5.27. The molecule has 2 aromatic heterocycles. The number of thiophene rings is 1. The lowest BCUT2D eigenvalue weighted by Crippen LogP contribution is -2.24. The predicted octanol–water partition coefficient (Wildman–Crippen LogP) is 3.60.